The van der Waals surface area contributed by atoms with Gasteiger partial charge in [-0.25, -0.2) is 0 Å². The fraction of sp³-hybridized carbons (Fsp3) is 0.368. The van der Waals surface area contributed by atoms with Crippen molar-refractivity contribution in [2.45, 2.75) is 19.4 Å². The first kappa shape index (κ1) is 17.0. The molecule has 4 heteroatoms. The van der Waals surface area contributed by atoms with Crippen LogP contribution in [-0.2, 0) is 9.53 Å². The molecule has 1 aliphatic carbocycles. The Morgan fingerprint density at radius 2 is 1.87 bits per heavy atom. The number of nitrogens with one attached hydrogen (secondary N) is 1. The van der Waals surface area contributed by atoms with Crippen LogP contribution < -0.4 is 5.32 Å². The van der Waals surface area contributed by atoms with E-state index in [0.717, 1.165) is 6.42 Å². The van der Waals surface area contributed by atoms with Crippen LogP contribution in [0.2, 0.25) is 0 Å². The number of benzene rings is 1. The molecule has 1 amide bonds. The third-order valence-corrected chi connectivity index (χ3v) is 4.35. The quantitative estimate of drug-likeness (QED) is 0.649. The third-order valence-electron chi connectivity index (χ3n) is 4.35. The summed E-state index contributed by atoms with van der Waals surface area (Å²) >= 11 is 0. The monoisotopic (exact) mass is 313 g/mol. The topological polar surface area (TPSA) is 55.4 Å². The van der Waals surface area contributed by atoms with Crippen LogP contribution in [0.3, 0.4) is 0 Å². The Morgan fingerprint density at radius 1 is 1.22 bits per heavy atom. The number of esters is 1. The fourth-order valence-electron chi connectivity index (χ4n) is 3.21. The van der Waals surface area contributed by atoms with Crippen molar-refractivity contribution in [3.63, 3.8) is 0 Å². The highest BCUT2D eigenvalue weighted by Gasteiger charge is 2.46. The second-order valence-corrected chi connectivity index (χ2v) is 5.68. The summed E-state index contributed by atoms with van der Waals surface area (Å²) in [5.41, 5.74) is 0.569. The molecule has 0 saturated heterocycles. The Hall–Kier alpha value is -2.36. The van der Waals surface area contributed by atoms with E-state index in [0.29, 0.717) is 12.2 Å². The van der Waals surface area contributed by atoms with Crippen LogP contribution in [0, 0.1) is 17.8 Å². The standard InChI is InChI=1S/C19H23NO3/c1-4-13-12-14(5-2)17(16(13)19(22)23-6-3)20-18(21)15-10-8-7-9-11-15/h4-5,7-11,13-14,16-17H,1-2,6,12H2,3H3,(H,20,21)/t13-,14+,16-,17-/m1/s1. The van der Waals surface area contributed by atoms with Crippen LogP contribution in [0.1, 0.15) is 23.7 Å². The molecule has 0 aromatic heterocycles. The molecule has 4 atom stereocenters. The first-order valence-corrected chi connectivity index (χ1v) is 7.90. The van der Waals surface area contributed by atoms with Gasteiger partial charge in [0.2, 0.25) is 0 Å². The lowest BCUT2D eigenvalue weighted by Gasteiger charge is -2.24. The van der Waals surface area contributed by atoms with Gasteiger partial charge in [0, 0.05) is 11.6 Å². The van der Waals surface area contributed by atoms with Crippen LogP contribution in [0.15, 0.2) is 55.6 Å². The Kier molecular flexibility index (Phi) is 5.74. The molecular formula is C19H23NO3. The molecule has 0 unspecified atom stereocenters. The average molecular weight is 313 g/mol. The van der Waals surface area contributed by atoms with E-state index >= 15 is 0 Å². The summed E-state index contributed by atoms with van der Waals surface area (Å²) in [6.45, 7) is 9.76. The van der Waals surface area contributed by atoms with Crippen molar-refractivity contribution in [1.29, 1.82) is 0 Å². The van der Waals surface area contributed by atoms with Crippen molar-refractivity contribution in [1.82, 2.24) is 5.32 Å². The third kappa shape index (κ3) is 3.70. The maximum absolute atomic E-state index is 12.5. The molecule has 0 aliphatic heterocycles. The molecule has 0 bridgehead atoms. The summed E-state index contributed by atoms with van der Waals surface area (Å²) in [7, 11) is 0. The summed E-state index contributed by atoms with van der Waals surface area (Å²) in [6, 6.07) is 8.64. The van der Waals surface area contributed by atoms with Crippen molar-refractivity contribution >= 4 is 11.9 Å². The second-order valence-electron chi connectivity index (χ2n) is 5.68. The van der Waals surface area contributed by atoms with Crippen LogP contribution in [0.4, 0.5) is 0 Å². The summed E-state index contributed by atoms with van der Waals surface area (Å²) in [4.78, 5) is 24.8. The fourth-order valence-corrected chi connectivity index (χ4v) is 3.21. The molecular weight excluding hydrogens is 290 g/mol. The highest BCUT2D eigenvalue weighted by molar-refractivity contribution is 5.94. The second kappa shape index (κ2) is 7.77. The molecule has 1 aromatic rings. The maximum atomic E-state index is 12.5. The molecule has 1 aliphatic rings. The Labute approximate surface area is 137 Å². The zero-order chi connectivity index (χ0) is 16.8. The van der Waals surface area contributed by atoms with Crippen LogP contribution in [0.5, 0.6) is 0 Å². The summed E-state index contributed by atoms with van der Waals surface area (Å²) in [5.74, 6) is -0.928. The van der Waals surface area contributed by atoms with Crippen molar-refractivity contribution in [2.24, 2.45) is 17.8 Å². The van der Waals surface area contributed by atoms with E-state index in [2.05, 4.69) is 18.5 Å². The zero-order valence-electron chi connectivity index (χ0n) is 13.4. The van der Waals surface area contributed by atoms with Gasteiger partial charge in [0.25, 0.3) is 5.91 Å². The number of carbonyl (C=O) groups excluding carboxylic acids is 2. The van der Waals surface area contributed by atoms with Gasteiger partial charge in [-0.2, -0.15) is 0 Å². The molecule has 1 aromatic carbocycles. The zero-order valence-corrected chi connectivity index (χ0v) is 13.4. The van der Waals surface area contributed by atoms with Gasteiger partial charge in [0.15, 0.2) is 0 Å². The number of rotatable bonds is 6. The summed E-state index contributed by atoms with van der Waals surface area (Å²) in [5, 5.41) is 2.99. The lowest BCUT2D eigenvalue weighted by atomic mass is 9.92. The number of ether oxygens (including phenoxy) is 1. The molecule has 0 heterocycles. The minimum absolute atomic E-state index is 0.0140. The predicted octanol–water partition coefficient (Wildman–Crippen LogP) is 2.97. The van der Waals surface area contributed by atoms with Gasteiger partial charge in [-0.3, -0.25) is 9.59 Å². The molecule has 122 valence electrons. The first-order chi connectivity index (χ1) is 11.1. The molecule has 0 spiro atoms. The van der Waals surface area contributed by atoms with E-state index in [9.17, 15) is 9.59 Å². The minimum Gasteiger partial charge on any atom is -0.466 e. The van der Waals surface area contributed by atoms with Crippen LogP contribution >= 0.6 is 0 Å². The highest BCUT2D eigenvalue weighted by Crippen LogP contribution is 2.39. The Bertz CT molecular complexity index is 582. The van der Waals surface area contributed by atoms with E-state index in [1.165, 1.54) is 0 Å². The van der Waals surface area contributed by atoms with Gasteiger partial charge in [-0.15, -0.1) is 13.2 Å². The largest absolute Gasteiger partial charge is 0.466 e. The van der Waals surface area contributed by atoms with Gasteiger partial charge < -0.3 is 10.1 Å². The minimum atomic E-state index is -0.428. The van der Waals surface area contributed by atoms with Crippen LogP contribution in [0.25, 0.3) is 0 Å². The van der Waals surface area contributed by atoms with E-state index in [1.54, 1.807) is 31.2 Å². The predicted molar refractivity (Wildman–Crippen MR) is 89.8 cm³/mol. The number of amides is 1. The van der Waals surface area contributed by atoms with Gasteiger partial charge in [0.05, 0.1) is 12.5 Å². The number of hydrogen-bond acceptors (Lipinski definition) is 3. The van der Waals surface area contributed by atoms with Crippen molar-refractivity contribution < 1.29 is 14.3 Å². The van der Waals surface area contributed by atoms with Gasteiger partial charge in [-0.1, -0.05) is 30.4 Å². The normalized spacial score (nSPS) is 26.3. The van der Waals surface area contributed by atoms with Crippen molar-refractivity contribution in [3.8, 4) is 0 Å². The molecule has 0 radical (unpaired) electrons. The molecule has 1 fully saturated rings. The SMILES string of the molecule is C=C[C@@H]1C[C@H](C=C)[C@@H](NC(=O)c2ccccc2)[C@@H]1C(=O)OCC. The molecule has 23 heavy (non-hydrogen) atoms. The highest BCUT2D eigenvalue weighted by atomic mass is 16.5. The van der Waals surface area contributed by atoms with E-state index in [1.807, 2.05) is 18.2 Å². The van der Waals surface area contributed by atoms with Crippen molar-refractivity contribution in [2.75, 3.05) is 6.61 Å². The average Bonchev–Trinajstić information content (AvgIpc) is 2.93. The maximum Gasteiger partial charge on any atom is 0.311 e. The van der Waals surface area contributed by atoms with Gasteiger partial charge in [0.1, 0.15) is 0 Å². The number of allylic oxidation sites excluding steroid dienone is 1. The van der Waals surface area contributed by atoms with Gasteiger partial charge in [-0.05, 0) is 37.3 Å². The van der Waals surface area contributed by atoms with E-state index < -0.39 is 5.92 Å². The lowest BCUT2D eigenvalue weighted by molar-refractivity contribution is -0.149. The Balaban J connectivity index is 2.23. The number of hydrogen-bond donors (Lipinski definition) is 1. The first-order valence-electron chi connectivity index (χ1n) is 7.90. The molecule has 1 N–H and O–H groups in total. The molecule has 1 saturated carbocycles. The van der Waals surface area contributed by atoms with Gasteiger partial charge >= 0.3 is 5.97 Å². The molecule has 2 rings (SSSR count). The Morgan fingerprint density at radius 3 is 2.43 bits per heavy atom. The molecule has 4 nitrogen and oxygen atoms in total. The smallest absolute Gasteiger partial charge is 0.311 e. The lowest BCUT2D eigenvalue weighted by Crippen LogP contribution is -2.45. The number of carbonyl (C=O) groups is 2. The van der Waals surface area contributed by atoms with Crippen LogP contribution in [-0.4, -0.2) is 24.5 Å². The summed E-state index contributed by atoms with van der Waals surface area (Å²) in [6.07, 6.45) is 4.30. The van der Waals surface area contributed by atoms with E-state index in [-0.39, 0.29) is 29.8 Å². The van der Waals surface area contributed by atoms with E-state index in [4.69, 9.17) is 4.74 Å². The van der Waals surface area contributed by atoms with Crippen molar-refractivity contribution in [3.05, 3.63) is 61.2 Å². The summed E-state index contributed by atoms with van der Waals surface area (Å²) < 4.78 is 5.20.